The average molecular weight is 304 g/mol. The van der Waals surface area contributed by atoms with Crippen LogP contribution in [0.4, 0.5) is 4.39 Å². The van der Waals surface area contributed by atoms with Crippen LogP contribution in [-0.2, 0) is 16.1 Å². The fourth-order valence-electron chi connectivity index (χ4n) is 2.35. The number of aromatic nitrogens is 1. The fraction of sp³-hybridized carbons (Fsp3) is 0.353. The van der Waals surface area contributed by atoms with E-state index in [1.54, 1.807) is 36.6 Å². The zero-order valence-electron chi connectivity index (χ0n) is 13.1. The molecular formula is C17H21FN2O2. The van der Waals surface area contributed by atoms with Crippen molar-refractivity contribution in [2.24, 2.45) is 0 Å². The van der Waals surface area contributed by atoms with Gasteiger partial charge in [-0.1, -0.05) is 19.1 Å². The second-order valence-corrected chi connectivity index (χ2v) is 5.09. The van der Waals surface area contributed by atoms with Gasteiger partial charge in [0.1, 0.15) is 5.82 Å². The zero-order chi connectivity index (χ0) is 16.1. The van der Waals surface area contributed by atoms with Crippen LogP contribution in [0.5, 0.6) is 0 Å². The Morgan fingerprint density at radius 2 is 2.14 bits per heavy atom. The van der Waals surface area contributed by atoms with Crippen LogP contribution in [-0.4, -0.2) is 17.6 Å². The van der Waals surface area contributed by atoms with E-state index >= 15 is 0 Å². The predicted molar refractivity (Wildman–Crippen MR) is 83.7 cm³/mol. The SMILES string of the molecule is CCC(=O)OC(C)n1cc(CNC)cc1-c1ccccc1F. The Morgan fingerprint density at radius 1 is 1.41 bits per heavy atom. The van der Waals surface area contributed by atoms with Crippen molar-refractivity contribution in [3.63, 3.8) is 0 Å². The summed E-state index contributed by atoms with van der Waals surface area (Å²) < 4.78 is 21.3. The first kappa shape index (κ1) is 16.2. The number of esters is 1. The third-order valence-corrected chi connectivity index (χ3v) is 3.42. The Balaban J connectivity index is 2.43. The van der Waals surface area contributed by atoms with Crippen molar-refractivity contribution >= 4 is 5.97 Å². The zero-order valence-corrected chi connectivity index (χ0v) is 13.1. The van der Waals surface area contributed by atoms with Gasteiger partial charge >= 0.3 is 5.97 Å². The molecule has 1 unspecified atom stereocenters. The number of hydrogen-bond acceptors (Lipinski definition) is 3. The number of benzene rings is 1. The number of ether oxygens (including phenoxy) is 1. The minimum atomic E-state index is -0.493. The van der Waals surface area contributed by atoms with Crippen molar-refractivity contribution in [2.75, 3.05) is 7.05 Å². The van der Waals surface area contributed by atoms with Gasteiger partial charge in [-0.25, -0.2) is 4.39 Å². The highest BCUT2D eigenvalue weighted by atomic mass is 19.1. The van der Waals surface area contributed by atoms with Crippen molar-refractivity contribution in [1.82, 2.24) is 9.88 Å². The van der Waals surface area contributed by atoms with E-state index in [-0.39, 0.29) is 11.8 Å². The lowest BCUT2D eigenvalue weighted by molar-refractivity contribution is -0.152. The van der Waals surface area contributed by atoms with Gasteiger partial charge in [0.05, 0.1) is 5.69 Å². The molecular weight excluding hydrogens is 283 g/mol. The smallest absolute Gasteiger partial charge is 0.307 e. The third kappa shape index (κ3) is 3.54. The predicted octanol–water partition coefficient (Wildman–Crippen LogP) is 3.49. The van der Waals surface area contributed by atoms with Gasteiger partial charge in [0.2, 0.25) is 0 Å². The van der Waals surface area contributed by atoms with E-state index in [4.69, 9.17) is 4.74 Å². The standard InChI is InChI=1S/C17H21FN2O2/c1-4-17(21)22-12(2)20-11-13(10-19-3)9-16(20)14-7-5-6-8-15(14)18/h5-9,11-12,19H,4,10H2,1-3H3. The van der Waals surface area contributed by atoms with Crippen molar-refractivity contribution < 1.29 is 13.9 Å². The van der Waals surface area contributed by atoms with Crippen LogP contribution in [0.15, 0.2) is 36.5 Å². The van der Waals surface area contributed by atoms with E-state index in [2.05, 4.69) is 5.32 Å². The molecule has 1 aromatic heterocycles. The van der Waals surface area contributed by atoms with Gasteiger partial charge in [-0.3, -0.25) is 4.79 Å². The summed E-state index contributed by atoms with van der Waals surface area (Å²) in [5.74, 6) is -0.581. The van der Waals surface area contributed by atoms with Gasteiger partial charge in [-0.15, -0.1) is 0 Å². The van der Waals surface area contributed by atoms with Gasteiger partial charge in [-0.2, -0.15) is 0 Å². The monoisotopic (exact) mass is 304 g/mol. The molecule has 0 aliphatic carbocycles. The van der Waals surface area contributed by atoms with Crippen molar-refractivity contribution in [3.8, 4) is 11.3 Å². The molecule has 5 heteroatoms. The molecule has 4 nitrogen and oxygen atoms in total. The molecule has 1 aromatic carbocycles. The number of halogens is 1. The summed E-state index contributed by atoms with van der Waals surface area (Å²) >= 11 is 0. The maximum atomic E-state index is 14.1. The third-order valence-electron chi connectivity index (χ3n) is 3.42. The summed E-state index contributed by atoms with van der Waals surface area (Å²) in [7, 11) is 1.85. The molecule has 1 heterocycles. The summed E-state index contributed by atoms with van der Waals surface area (Å²) in [6.45, 7) is 4.18. The first-order valence-electron chi connectivity index (χ1n) is 7.36. The molecule has 0 saturated carbocycles. The van der Waals surface area contributed by atoms with Gasteiger partial charge in [0.25, 0.3) is 0 Å². The summed E-state index contributed by atoms with van der Waals surface area (Å²) in [6.07, 6.45) is 1.70. The molecule has 0 spiro atoms. The summed E-state index contributed by atoms with van der Waals surface area (Å²) in [5.41, 5.74) is 2.18. The van der Waals surface area contributed by atoms with E-state index in [0.29, 0.717) is 24.2 Å². The number of rotatable bonds is 6. The van der Waals surface area contributed by atoms with E-state index in [1.165, 1.54) is 6.07 Å². The molecule has 0 aliphatic rings. The number of carbonyl (C=O) groups excluding carboxylic acids is 1. The van der Waals surface area contributed by atoms with E-state index in [0.717, 1.165) is 5.56 Å². The first-order valence-corrected chi connectivity index (χ1v) is 7.36. The highest BCUT2D eigenvalue weighted by molar-refractivity contribution is 5.69. The van der Waals surface area contributed by atoms with Crippen LogP contribution >= 0.6 is 0 Å². The maximum absolute atomic E-state index is 14.1. The van der Waals surface area contributed by atoms with Gasteiger partial charge < -0.3 is 14.6 Å². The van der Waals surface area contributed by atoms with E-state index < -0.39 is 6.23 Å². The summed E-state index contributed by atoms with van der Waals surface area (Å²) in [4.78, 5) is 11.5. The topological polar surface area (TPSA) is 43.3 Å². The molecule has 0 fully saturated rings. The fourth-order valence-corrected chi connectivity index (χ4v) is 2.35. The van der Waals surface area contributed by atoms with Gasteiger partial charge in [0.15, 0.2) is 6.23 Å². The quantitative estimate of drug-likeness (QED) is 0.831. The number of carbonyl (C=O) groups is 1. The van der Waals surface area contributed by atoms with Crippen LogP contribution in [0.3, 0.4) is 0 Å². The van der Waals surface area contributed by atoms with Crippen LogP contribution in [0.1, 0.15) is 32.1 Å². The highest BCUT2D eigenvalue weighted by Gasteiger charge is 2.17. The molecule has 118 valence electrons. The lowest BCUT2D eigenvalue weighted by Crippen LogP contribution is -2.14. The summed E-state index contributed by atoms with van der Waals surface area (Å²) in [5, 5.41) is 3.07. The molecule has 0 saturated heterocycles. The normalized spacial score (nSPS) is 12.2. The molecule has 1 N–H and O–H groups in total. The van der Waals surface area contributed by atoms with Crippen molar-refractivity contribution in [3.05, 3.63) is 47.9 Å². The lowest BCUT2D eigenvalue weighted by atomic mass is 10.1. The molecule has 0 bridgehead atoms. The maximum Gasteiger partial charge on any atom is 0.307 e. The van der Waals surface area contributed by atoms with Crippen molar-refractivity contribution in [2.45, 2.75) is 33.0 Å². The molecule has 0 radical (unpaired) electrons. The van der Waals surface area contributed by atoms with Gasteiger partial charge in [-0.05, 0) is 37.7 Å². The molecule has 0 aliphatic heterocycles. The first-order chi connectivity index (χ1) is 10.6. The van der Waals surface area contributed by atoms with Crippen LogP contribution in [0.2, 0.25) is 0 Å². The van der Waals surface area contributed by atoms with E-state index in [1.807, 2.05) is 19.3 Å². The van der Waals surface area contributed by atoms with Crippen LogP contribution < -0.4 is 5.32 Å². The molecule has 2 rings (SSSR count). The number of nitrogens with zero attached hydrogens (tertiary/aromatic N) is 1. The van der Waals surface area contributed by atoms with Crippen LogP contribution in [0, 0.1) is 5.82 Å². The molecule has 1 atom stereocenters. The minimum Gasteiger partial charge on any atom is -0.442 e. The average Bonchev–Trinajstić information content (AvgIpc) is 2.92. The second kappa shape index (κ2) is 7.22. The summed E-state index contributed by atoms with van der Waals surface area (Å²) in [6, 6.07) is 8.49. The molecule has 22 heavy (non-hydrogen) atoms. The Kier molecular flexibility index (Phi) is 5.33. The van der Waals surface area contributed by atoms with Gasteiger partial charge in [0, 0.05) is 24.7 Å². The highest BCUT2D eigenvalue weighted by Crippen LogP contribution is 2.28. The Bertz CT molecular complexity index is 652. The Morgan fingerprint density at radius 3 is 2.77 bits per heavy atom. The Labute approximate surface area is 129 Å². The molecule has 0 amide bonds. The number of hydrogen-bond donors (Lipinski definition) is 1. The van der Waals surface area contributed by atoms with Crippen LogP contribution in [0.25, 0.3) is 11.3 Å². The van der Waals surface area contributed by atoms with Crippen molar-refractivity contribution in [1.29, 1.82) is 0 Å². The molecule has 2 aromatic rings. The minimum absolute atomic E-state index is 0.282. The second-order valence-electron chi connectivity index (χ2n) is 5.09. The van der Waals surface area contributed by atoms with E-state index in [9.17, 15) is 9.18 Å². The lowest BCUT2D eigenvalue weighted by Gasteiger charge is -2.18. The largest absolute Gasteiger partial charge is 0.442 e. The number of nitrogens with one attached hydrogen (secondary N) is 1. The Hall–Kier alpha value is -2.14.